The van der Waals surface area contributed by atoms with Crippen LogP contribution >= 0.6 is 24.0 Å². The number of nitrogens with zero attached hydrogens (tertiary/aromatic N) is 4. The maximum atomic E-state index is 11.9. The van der Waals surface area contributed by atoms with Crippen molar-refractivity contribution in [3.63, 3.8) is 0 Å². The average molecular weight is 544 g/mol. The number of aromatic nitrogens is 2. The van der Waals surface area contributed by atoms with Gasteiger partial charge in [0.05, 0.1) is 12.9 Å². The van der Waals surface area contributed by atoms with Gasteiger partial charge in [0.2, 0.25) is 0 Å². The first-order valence-electron chi connectivity index (χ1n) is 10.7. The maximum absolute atomic E-state index is 11.9. The van der Waals surface area contributed by atoms with Crippen LogP contribution in [0.15, 0.2) is 46.3 Å². The minimum absolute atomic E-state index is 0. The number of furan rings is 1. The molecule has 3 heterocycles. The summed E-state index contributed by atoms with van der Waals surface area (Å²) in [5.41, 5.74) is 0. The molecule has 0 saturated carbocycles. The Labute approximate surface area is 200 Å². The number of hydrogen-bond acceptors (Lipinski definition) is 5. The zero-order chi connectivity index (χ0) is 21.0. The molecule has 0 radical (unpaired) electrons. The Hall–Kier alpha value is -2.24. The quantitative estimate of drug-likeness (QED) is 0.218. The van der Waals surface area contributed by atoms with E-state index < -0.39 is 0 Å². The van der Waals surface area contributed by atoms with Crippen LogP contribution < -0.4 is 10.6 Å². The van der Waals surface area contributed by atoms with Gasteiger partial charge < -0.3 is 24.7 Å². The van der Waals surface area contributed by atoms with E-state index in [0.717, 1.165) is 50.5 Å². The third kappa shape index (κ3) is 8.80. The summed E-state index contributed by atoms with van der Waals surface area (Å²) in [4.78, 5) is 18.4. The molecule has 0 atom stereocenters. The molecule has 0 aliphatic carbocycles. The number of amides is 1. The molecule has 2 N–H and O–H groups in total. The zero-order valence-electron chi connectivity index (χ0n) is 18.0. The lowest BCUT2D eigenvalue weighted by Crippen LogP contribution is -2.50. The molecule has 1 fully saturated rings. The van der Waals surface area contributed by atoms with Gasteiger partial charge in [-0.2, -0.15) is 5.10 Å². The van der Waals surface area contributed by atoms with Crippen molar-refractivity contribution < 1.29 is 13.9 Å². The molecule has 3 rings (SSSR count). The molecule has 1 saturated heterocycles. The van der Waals surface area contributed by atoms with Gasteiger partial charge in [0.1, 0.15) is 5.76 Å². The van der Waals surface area contributed by atoms with Crippen LogP contribution in [0, 0.1) is 0 Å². The number of aliphatic imine (C=N–C) groups is 1. The van der Waals surface area contributed by atoms with Crippen molar-refractivity contribution in [1.82, 2.24) is 25.3 Å². The van der Waals surface area contributed by atoms with Gasteiger partial charge in [-0.3, -0.25) is 9.67 Å². The number of carbonyl (C=O) groups is 1. The number of halogens is 1. The minimum atomic E-state index is -0.222. The molecule has 10 heteroatoms. The average Bonchev–Trinajstić information content (AvgIpc) is 3.46. The zero-order valence-corrected chi connectivity index (χ0v) is 20.4. The number of nitrogens with one attached hydrogen (secondary N) is 2. The van der Waals surface area contributed by atoms with E-state index >= 15 is 0 Å². The van der Waals surface area contributed by atoms with Crippen LogP contribution in [-0.4, -0.2) is 65.6 Å². The molecule has 1 aliphatic rings. The highest BCUT2D eigenvalue weighted by atomic mass is 127. The molecular weight excluding hydrogens is 511 g/mol. The summed E-state index contributed by atoms with van der Waals surface area (Å²) < 4.78 is 12.4. The number of piperidine rings is 1. The predicted molar refractivity (Wildman–Crippen MR) is 130 cm³/mol. The van der Waals surface area contributed by atoms with E-state index in [-0.39, 0.29) is 36.1 Å². The lowest BCUT2D eigenvalue weighted by molar-refractivity contribution is 0.0963. The molecule has 1 aliphatic heterocycles. The molecule has 0 unspecified atom stereocenters. The Balaban J connectivity index is 0.00000341. The number of ether oxygens (including phenoxy) is 1. The highest BCUT2D eigenvalue weighted by Crippen LogP contribution is 2.11. The maximum Gasteiger partial charge on any atom is 0.409 e. The van der Waals surface area contributed by atoms with Crippen molar-refractivity contribution in [2.75, 3.05) is 32.8 Å². The van der Waals surface area contributed by atoms with E-state index in [0.29, 0.717) is 26.2 Å². The molecule has 2 aromatic heterocycles. The van der Waals surface area contributed by atoms with Gasteiger partial charge in [-0.15, -0.1) is 24.0 Å². The molecule has 2 aromatic rings. The highest BCUT2D eigenvalue weighted by molar-refractivity contribution is 14.0. The van der Waals surface area contributed by atoms with Crippen LogP contribution in [0.2, 0.25) is 0 Å². The van der Waals surface area contributed by atoms with Crippen molar-refractivity contribution in [1.29, 1.82) is 0 Å². The summed E-state index contributed by atoms with van der Waals surface area (Å²) >= 11 is 0. The standard InChI is InChI=1S/C21H32N6O3.HI/c1-2-29-21(28)26-15-8-18(9-16-26)25-20(23-12-7-19-6-3-17-30-19)22-10-4-13-27-14-5-11-24-27;/h3,5-6,11,14,17-18H,2,4,7-10,12-13,15-16H2,1H3,(H2,22,23,25);1H. The van der Waals surface area contributed by atoms with E-state index in [1.807, 2.05) is 36.0 Å². The monoisotopic (exact) mass is 544 g/mol. The van der Waals surface area contributed by atoms with Gasteiger partial charge in [-0.1, -0.05) is 0 Å². The SMILES string of the molecule is CCOC(=O)N1CCC(NC(=NCCCn2cccn2)NCCc2ccco2)CC1.I. The molecule has 0 spiro atoms. The first-order valence-corrected chi connectivity index (χ1v) is 10.7. The fourth-order valence-corrected chi connectivity index (χ4v) is 3.38. The lowest BCUT2D eigenvalue weighted by atomic mass is 10.1. The van der Waals surface area contributed by atoms with Crippen molar-refractivity contribution in [2.45, 2.75) is 45.2 Å². The lowest BCUT2D eigenvalue weighted by Gasteiger charge is -2.32. The number of rotatable bonds is 9. The Morgan fingerprint density at radius 3 is 2.87 bits per heavy atom. The molecule has 31 heavy (non-hydrogen) atoms. The Bertz CT molecular complexity index is 758. The first-order chi connectivity index (χ1) is 14.7. The van der Waals surface area contributed by atoms with Gasteiger partial charge >= 0.3 is 6.09 Å². The van der Waals surface area contributed by atoms with E-state index in [9.17, 15) is 4.79 Å². The number of carbonyl (C=O) groups excluding carboxylic acids is 1. The normalized spacial score (nSPS) is 14.7. The second-order valence-electron chi connectivity index (χ2n) is 7.21. The van der Waals surface area contributed by atoms with Crippen LogP contribution in [0.5, 0.6) is 0 Å². The number of hydrogen-bond donors (Lipinski definition) is 2. The second kappa shape index (κ2) is 13.9. The van der Waals surface area contributed by atoms with Crippen molar-refractivity contribution in [2.24, 2.45) is 4.99 Å². The number of aryl methyl sites for hydroxylation is 1. The third-order valence-electron chi connectivity index (χ3n) is 4.98. The fraction of sp³-hybridized carbons (Fsp3) is 0.571. The molecular formula is C21H33IN6O3. The van der Waals surface area contributed by atoms with Gasteiger partial charge in [0.25, 0.3) is 0 Å². The number of guanidine groups is 1. The van der Waals surface area contributed by atoms with Crippen LogP contribution in [0.4, 0.5) is 4.79 Å². The topological polar surface area (TPSA) is 96.9 Å². The van der Waals surface area contributed by atoms with Crippen LogP contribution in [0.25, 0.3) is 0 Å². The summed E-state index contributed by atoms with van der Waals surface area (Å²) in [5, 5.41) is 11.2. The minimum Gasteiger partial charge on any atom is -0.469 e. The fourth-order valence-electron chi connectivity index (χ4n) is 3.38. The Kier molecular flexibility index (Phi) is 11.3. The van der Waals surface area contributed by atoms with Crippen molar-refractivity contribution >= 4 is 36.0 Å². The van der Waals surface area contributed by atoms with Crippen LogP contribution in [-0.2, 0) is 17.7 Å². The van der Waals surface area contributed by atoms with Crippen LogP contribution in [0.3, 0.4) is 0 Å². The third-order valence-corrected chi connectivity index (χ3v) is 4.98. The summed E-state index contributed by atoms with van der Waals surface area (Å²) in [5.74, 6) is 1.75. The Morgan fingerprint density at radius 1 is 1.35 bits per heavy atom. The van der Waals surface area contributed by atoms with Crippen molar-refractivity contribution in [3.8, 4) is 0 Å². The molecule has 0 bridgehead atoms. The first kappa shape index (κ1) is 25.0. The largest absolute Gasteiger partial charge is 0.469 e. The van der Waals surface area contributed by atoms with Gasteiger partial charge in [0.15, 0.2) is 5.96 Å². The van der Waals surface area contributed by atoms with E-state index in [2.05, 4.69) is 15.7 Å². The van der Waals surface area contributed by atoms with E-state index in [1.54, 1.807) is 17.4 Å². The predicted octanol–water partition coefficient (Wildman–Crippen LogP) is 2.88. The van der Waals surface area contributed by atoms with Gasteiger partial charge in [-0.05, 0) is 44.4 Å². The van der Waals surface area contributed by atoms with E-state index in [4.69, 9.17) is 14.1 Å². The Morgan fingerprint density at radius 2 is 2.19 bits per heavy atom. The second-order valence-corrected chi connectivity index (χ2v) is 7.21. The number of likely N-dealkylation sites (tertiary alicyclic amines) is 1. The summed E-state index contributed by atoms with van der Waals surface area (Å²) in [6.07, 6.45) is 8.65. The molecule has 1 amide bonds. The molecule has 9 nitrogen and oxygen atoms in total. The van der Waals surface area contributed by atoms with Gasteiger partial charge in [-0.25, -0.2) is 4.79 Å². The summed E-state index contributed by atoms with van der Waals surface area (Å²) in [6, 6.07) is 6.07. The van der Waals surface area contributed by atoms with Crippen LogP contribution in [0.1, 0.15) is 31.9 Å². The van der Waals surface area contributed by atoms with Gasteiger partial charge in [0, 0.05) is 57.6 Å². The summed E-state index contributed by atoms with van der Waals surface area (Å²) in [7, 11) is 0. The smallest absolute Gasteiger partial charge is 0.409 e. The molecule has 0 aromatic carbocycles. The molecule has 172 valence electrons. The summed E-state index contributed by atoms with van der Waals surface area (Å²) in [6.45, 7) is 5.90. The highest BCUT2D eigenvalue weighted by Gasteiger charge is 2.24. The van der Waals surface area contributed by atoms with E-state index in [1.165, 1.54) is 0 Å². The van der Waals surface area contributed by atoms with Crippen molar-refractivity contribution in [3.05, 3.63) is 42.6 Å².